The Morgan fingerprint density at radius 3 is 2.42 bits per heavy atom. The molecule has 7 heteroatoms. The zero-order chi connectivity index (χ0) is 22.8. The van der Waals surface area contributed by atoms with E-state index in [2.05, 4.69) is 89.0 Å². The van der Waals surface area contributed by atoms with E-state index in [4.69, 9.17) is 0 Å². The van der Waals surface area contributed by atoms with Crippen LogP contribution in [0.25, 0.3) is 0 Å². The Labute approximate surface area is 215 Å². The lowest BCUT2D eigenvalue weighted by molar-refractivity contribution is -0.128. The molecule has 1 aliphatic rings. The highest BCUT2D eigenvalue weighted by Crippen LogP contribution is 2.19. The summed E-state index contributed by atoms with van der Waals surface area (Å²) >= 11 is 0. The molecule has 1 fully saturated rings. The highest BCUT2D eigenvalue weighted by atomic mass is 127. The summed E-state index contributed by atoms with van der Waals surface area (Å²) in [6.07, 6.45) is 1.65. The quantitative estimate of drug-likeness (QED) is 0.259. The van der Waals surface area contributed by atoms with Crippen LogP contribution in [-0.2, 0) is 17.9 Å². The lowest BCUT2D eigenvalue weighted by Crippen LogP contribution is -2.43. The molecule has 6 nitrogen and oxygen atoms in total. The molecule has 2 N–H and O–H groups in total. The van der Waals surface area contributed by atoms with E-state index in [0.29, 0.717) is 19.5 Å². The van der Waals surface area contributed by atoms with Gasteiger partial charge in [0.1, 0.15) is 0 Å². The van der Waals surface area contributed by atoms with Crippen LogP contribution in [0.4, 0.5) is 0 Å². The molecule has 1 aliphatic heterocycles. The third-order valence-electron chi connectivity index (χ3n) is 6.12. The highest BCUT2D eigenvalue weighted by Gasteiger charge is 2.20. The summed E-state index contributed by atoms with van der Waals surface area (Å²) in [5.41, 5.74) is 3.66. The Morgan fingerprint density at radius 1 is 1.06 bits per heavy atom. The number of likely N-dealkylation sites (N-methyl/N-ethyl adjacent to an activating group) is 1. The highest BCUT2D eigenvalue weighted by molar-refractivity contribution is 14.0. The third-order valence-corrected chi connectivity index (χ3v) is 6.12. The fraction of sp³-hybridized carbons (Fsp3) is 0.462. The van der Waals surface area contributed by atoms with Gasteiger partial charge in [-0.2, -0.15) is 0 Å². The van der Waals surface area contributed by atoms with Gasteiger partial charge in [0.15, 0.2) is 5.96 Å². The lowest BCUT2D eigenvalue weighted by atomic mass is 10.1. The molecule has 0 radical (unpaired) electrons. The summed E-state index contributed by atoms with van der Waals surface area (Å²) in [4.78, 5) is 20.7. The van der Waals surface area contributed by atoms with Crippen LogP contribution in [0.1, 0.15) is 49.4 Å². The van der Waals surface area contributed by atoms with Crippen molar-refractivity contribution in [2.75, 3.05) is 33.2 Å². The number of nitrogens with zero attached hydrogens (tertiary/aromatic N) is 3. The fourth-order valence-corrected chi connectivity index (χ4v) is 4.33. The zero-order valence-corrected chi connectivity index (χ0v) is 22.4. The summed E-state index contributed by atoms with van der Waals surface area (Å²) in [5, 5.41) is 6.95. The van der Waals surface area contributed by atoms with Crippen molar-refractivity contribution in [1.29, 1.82) is 0 Å². The second-order valence-electron chi connectivity index (χ2n) is 8.19. The van der Waals surface area contributed by atoms with E-state index < -0.39 is 0 Å². The van der Waals surface area contributed by atoms with Crippen molar-refractivity contribution in [3.8, 4) is 0 Å². The number of halogens is 1. The van der Waals surface area contributed by atoms with Gasteiger partial charge in [0.2, 0.25) is 5.91 Å². The maximum atomic E-state index is 11.9. The second kappa shape index (κ2) is 14.2. The zero-order valence-electron chi connectivity index (χ0n) is 20.1. The average Bonchev–Trinajstić information content (AvgIpc) is 3.23. The lowest BCUT2D eigenvalue weighted by Gasteiger charge is -2.30. The van der Waals surface area contributed by atoms with E-state index in [0.717, 1.165) is 38.6 Å². The summed E-state index contributed by atoms with van der Waals surface area (Å²) in [7, 11) is 1.81. The molecule has 1 unspecified atom stereocenters. The number of amides is 1. The Hall–Kier alpha value is -2.13. The molecule has 1 atom stereocenters. The van der Waals surface area contributed by atoms with E-state index in [1.54, 1.807) is 7.05 Å². The normalized spacial score (nSPS) is 14.8. The van der Waals surface area contributed by atoms with Crippen LogP contribution in [0.15, 0.2) is 59.6 Å². The molecule has 1 heterocycles. The van der Waals surface area contributed by atoms with Gasteiger partial charge >= 0.3 is 0 Å². The molecule has 2 aromatic rings. The molecule has 2 aromatic carbocycles. The summed E-state index contributed by atoms with van der Waals surface area (Å²) < 4.78 is 0. The summed E-state index contributed by atoms with van der Waals surface area (Å²) in [6, 6.07) is 19.4. The van der Waals surface area contributed by atoms with Crippen LogP contribution in [-0.4, -0.2) is 54.9 Å². The fourth-order valence-electron chi connectivity index (χ4n) is 4.33. The Bertz CT molecular complexity index is 885. The Kier molecular flexibility index (Phi) is 11.7. The number of guanidine groups is 1. The van der Waals surface area contributed by atoms with E-state index in [9.17, 15) is 4.79 Å². The van der Waals surface area contributed by atoms with E-state index in [1.165, 1.54) is 16.7 Å². The van der Waals surface area contributed by atoms with Crippen LogP contribution in [0.2, 0.25) is 0 Å². The van der Waals surface area contributed by atoms with Crippen molar-refractivity contribution in [1.82, 2.24) is 20.4 Å². The minimum absolute atomic E-state index is 0. The van der Waals surface area contributed by atoms with Gasteiger partial charge in [-0.25, -0.2) is 0 Å². The predicted octanol–water partition coefficient (Wildman–Crippen LogP) is 4.18. The van der Waals surface area contributed by atoms with Gasteiger partial charge < -0.3 is 15.5 Å². The molecule has 0 aromatic heterocycles. The van der Waals surface area contributed by atoms with Crippen molar-refractivity contribution in [2.45, 2.75) is 45.8 Å². The number of carbonyl (C=O) groups excluding carboxylic acids is 1. The molecule has 3 rings (SSSR count). The van der Waals surface area contributed by atoms with Crippen LogP contribution >= 0.6 is 24.0 Å². The van der Waals surface area contributed by atoms with E-state index in [1.807, 2.05) is 4.90 Å². The van der Waals surface area contributed by atoms with Gasteiger partial charge in [-0.15, -0.1) is 24.0 Å². The monoisotopic (exact) mass is 563 g/mol. The van der Waals surface area contributed by atoms with Gasteiger partial charge in [0, 0.05) is 39.6 Å². The van der Waals surface area contributed by atoms with Gasteiger partial charge in [-0.05, 0) is 36.2 Å². The SMILES string of the molecule is CCN(CC)C(CNC(=NC)NCc1cccc(CN2CCCC2=O)c1)c1ccccc1.I. The maximum Gasteiger partial charge on any atom is 0.222 e. The van der Waals surface area contributed by atoms with Gasteiger partial charge in [-0.1, -0.05) is 68.4 Å². The molecule has 1 amide bonds. The van der Waals surface area contributed by atoms with Crippen molar-refractivity contribution in [3.63, 3.8) is 0 Å². The second-order valence-corrected chi connectivity index (χ2v) is 8.19. The minimum atomic E-state index is 0. The van der Waals surface area contributed by atoms with Crippen LogP contribution in [0, 0.1) is 0 Å². The molecule has 0 bridgehead atoms. The van der Waals surface area contributed by atoms with Crippen LogP contribution in [0.3, 0.4) is 0 Å². The average molecular weight is 564 g/mol. The number of likely N-dealkylation sites (tertiary alicyclic amines) is 1. The number of nitrogens with one attached hydrogen (secondary N) is 2. The summed E-state index contributed by atoms with van der Waals surface area (Å²) in [5.74, 6) is 1.05. The number of aliphatic imine (C=N–C) groups is 1. The molecule has 33 heavy (non-hydrogen) atoms. The Morgan fingerprint density at radius 2 is 1.79 bits per heavy atom. The van der Waals surface area contributed by atoms with Gasteiger partial charge in [0.25, 0.3) is 0 Å². The molecular formula is C26H38IN5O. The van der Waals surface area contributed by atoms with Crippen molar-refractivity contribution >= 4 is 35.8 Å². The van der Waals surface area contributed by atoms with Crippen molar-refractivity contribution in [3.05, 3.63) is 71.3 Å². The van der Waals surface area contributed by atoms with Crippen LogP contribution in [0.5, 0.6) is 0 Å². The maximum absolute atomic E-state index is 11.9. The number of rotatable bonds is 10. The number of benzene rings is 2. The first-order valence-corrected chi connectivity index (χ1v) is 11.7. The molecular weight excluding hydrogens is 525 g/mol. The molecule has 180 valence electrons. The van der Waals surface area contributed by atoms with Crippen molar-refractivity contribution in [2.24, 2.45) is 4.99 Å². The standard InChI is InChI=1S/C26H37N5O.HI/c1-4-30(5-2)24(23-13-7-6-8-14-23)19-29-26(27-3)28-18-21-11-9-12-22(17-21)20-31-16-10-15-25(31)32;/h6-9,11-14,17,24H,4-5,10,15-16,18-20H2,1-3H3,(H2,27,28,29);1H. The number of hydrogen-bond donors (Lipinski definition) is 2. The van der Waals surface area contributed by atoms with Crippen molar-refractivity contribution < 1.29 is 4.79 Å². The topological polar surface area (TPSA) is 60.0 Å². The van der Waals surface area contributed by atoms with Gasteiger partial charge in [0.05, 0.1) is 6.04 Å². The first-order valence-electron chi connectivity index (χ1n) is 11.7. The molecule has 0 saturated carbocycles. The van der Waals surface area contributed by atoms with E-state index in [-0.39, 0.29) is 35.9 Å². The van der Waals surface area contributed by atoms with Crippen LogP contribution < -0.4 is 10.6 Å². The van der Waals surface area contributed by atoms with Gasteiger partial charge in [-0.3, -0.25) is 14.7 Å². The first kappa shape index (κ1) is 27.1. The Balaban J connectivity index is 0.00000385. The number of carbonyl (C=O) groups is 1. The predicted molar refractivity (Wildman–Crippen MR) is 147 cm³/mol. The minimum Gasteiger partial charge on any atom is -0.354 e. The molecule has 0 spiro atoms. The largest absolute Gasteiger partial charge is 0.354 e. The smallest absolute Gasteiger partial charge is 0.222 e. The number of hydrogen-bond acceptors (Lipinski definition) is 3. The summed E-state index contributed by atoms with van der Waals surface area (Å²) in [6.45, 7) is 9.43. The first-order chi connectivity index (χ1) is 15.6. The molecule has 1 saturated heterocycles. The molecule has 0 aliphatic carbocycles. The third kappa shape index (κ3) is 7.99. The van der Waals surface area contributed by atoms with E-state index >= 15 is 0 Å².